The van der Waals surface area contributed by atoms with Crippen molar-refractivity contribution in [3.05, 3.63) is 64.3 Å². The fraction of sp³-hybridized carbons (Fsp3) is 0.238. The number of nitrogens with zero attached hydrogens (tertiary/aromatic N) is 3. The van der Waals surface area contributed by atoms with E-state index in [0.717, 1.165) is 33.5 Å². The first-order chi connectivity index (χ1) is 12.8. The number of halogens is 2. The summed E-state index contributed by atoms with van der Waals surface area (Å²) < 4.78 is 1.99. The van der Waals surface area contributed by atoms with E-state index < -0.39 is 0 Å². The minimum Gasteiger partial charge on any atom is -0.332 e. The Labute approximate surface area is 184 Å². The third-order valence-electron chi connectivity index (χ3n) is 4.51. The topological polar surface area (TPSA) is 42.2 Å². The lowest BCUT2D eigenvalue weighted by Crippen LogP contribution is -2.10. The fourth-order valence-electron chi connectivity index (χ4n) is 3.06. The molecule has 0 bridgehead atoms. The zero-order valence-corrected chi connectivity index (χ0v) is 19.4. The lowest BCUT2D eigenvalue weighted by molar-refractivity contribution is 0.590. The number of fused-ring (bicyclic) bond motifs is 1. The maximum atomic E-state index is 6.17. The summed E-state index contributed by atoms with van der Waals surface area (Å²) in [6.45, 7) is 8.64. The van der Waals surface area contributed by atoms with E-state index in [2.05, 4.69) is 55.3 Å². The lowest BCUT2D eigenvalue weighted by Gasteiger charge is -2.19. The molecule has 0 radical (unpaired) electrons. The van der Waals surface area contributed by atoms with Gasteiger partial charge in [-0.05, 0) is 42.2 Å². The maximum absolute atomic E-state index is 6.17. The predicted molar refractivity (Wildman–Crippen MR) is 125 cm³/mol. The van der Waals surface area contributed by atoms with Crippen LogP contribution >= 0.6 is 39.9 Å². The number of hydrogen-bond donors (Lipinski definition) is 1. The van der Waals surface area contributed by atoms with Crippen molar-refractivity contribution in [3.63, 3.8) is 0 Å². The minimum atomic E-state index is 0. The van der Waals surface area contributed by atoms with Crippen molar-refractivity contribution >= 4 is 56.4 Å². The molecule has 0 saturated heterocycles. The van der Waals surface area contributed by atoms with Crippen molar-refractivity contribution in [2.24, 2.45) is 0 Å². The summed E-state index contributed by atoms with van der Waals surface area (Å²) in [5.41, 5.74) is 6.15. The van der Waals surface area contributed by atoms with Crippen LogP contribution in [0.5, 0.6) is 0 Å². The zero-order chi connectivity index (χ0) is 19.2. The van der Waals surface area contributed by atoms with Crippen LogP contribution < -0.4 is 5.32 Å². The second-order valence-corrected chi connectivity index (χ2v) is 8.91. The van der Waals surface area contributed by atoms with Crippen molar-refractivity contribution in [3.8, 4) is 11.4 Å². The van der Waals surface area contributed by atoms with Crippen molar-refractivity contribution < 1.29 is 0 Å². The first-order valence-corrected chi connectivity index (χ1v) is 10.0. The van der Waals surface area contributed by atoms with Crippen LogP contribution in [0.15, 0.2) is 48.0 Å². The van der Waals surface area contributed by atoms with Crippen LogP contribution in [-0.4, -0.2) is 14.4 Å². The number of nitrogens with one attached hydrogen (secondary N) is 1. The van der Waals surface area contributed by atoms with E-state index in [1.54, 1.807) is 11.3 Å². The molecule has 0 atom stereocenters. The van der Waals surface area contributed by atoms with Gasteiger partial charge in [0.15, 0.2) is 5.13 Å². The summed E-state index contributed by atoms with van der Waals surface area (Å²) in [4.78, 5) is 9.37. The third kappa shape index (κ3) is 4.09. The lowest BCUT2D eigenvalue weighted by atomic mass is 9.87. The number of hydrogen-bond acceptors (Lipinski definition) is 4. The standard InChI is InChI=1S/C21H21ClN4S.BrH/c1-13-19(26-11-15(22)7-10-18(26)23-13)17-12-27-20(25-17)24-16-8-5-14(6-9-16)21(2,3)4;/h5-12H,1-4H3,(H,24,25);1H. The molecule has 4 rings (SSSR count). The highest BCUT2D eigenvalue weighted by atomic mass is 79.9. The quantitative estimate of drug-likeness (QED) is 0.344. The zero-order valence-electron chi connectivity index (χ0n) is 16.2. The van der Waals surface area contributed by atoms with Gasteiger partial charge in [0.1, 0.15) is 11.3 Å². The second-order valence-electron chi connectivity index (χ2n) is 7.61. The van der Waals surface area contributed by atoms with E-state index in [-0.39, 0.29) is 22.4 Å². The smallest absolute Gasteiger partial charge is 0.187 e. The number of aryl methyl sites for hydroxylation is 1. The van der Waals surface area contributed by atoms with Gasteiger partial charge in [-0.25, -0.2) is 9.97 Å². The van der Waals surface area contributed by atoms with Gasteiger partial charge < -0.3 is 5.32 Å². The number of benzene rings is 1. The van der Waals surface area contributed by atoms with Crippen molar-refractivity contribution in [1.82, 2.24) is 14.4 Å². The minimum absolute atomic E-state index is 0. The van der Waals surface area contributed by atoms with Gasteiger partial charge in [-0.3, -0.25) is 4.40 Å². The molecule has 0 aliphatic carbocycles. The Morgan fingerprint density at radius 3 is 2.43 bits per heavy atom. The fourth-order valence-corrected chi connectivity index (χ4v) is 3.94. The van der Waals surface area contributed by atoms with E-state index in [1.165, 1.54) is 5.56 Å². The number of anilines is 2. The van der Waals surface area contributed by atoms with Crippen LogP contribution in [0.3, 0.4) is 0 Å². The Balaban J connectivity index is 0.00000225. The number of pyridine rings is 1. The van der Waals surface area contributed by atoms with Crippen LogP contribution in [0.1, 0.15) is 32.0 Å². The highest BCUT2D eigenvalue weighted by molar-refractivity contribution is 8.93. The van der Waals surface area contributed by atoms with E-state index in [1.807, 2.05) is 35.0 Å². The number of imidazole rings is 1. The van der Waals surface area contributed by atoms with Gasteiger partial charge in [-0.2, -0.15) is 0 Å². The molecule has 1 N–H and O–H groups in total. The van der Waals surface area contributed by atoms with Gasteiger partial charge in [-0.15, -0.1) is 28.3 Å². The summed E-state index contributed by atoms with van der Waals surface area (Å²) >= 11 is 7.74. The van der Waals surface area contributed by atoms with Crippen molar-refractivity contribution in [2.45, 2.75) is 33.1 Å². The van der Waals surface area contributed by atoms with E-state index >= 15 is 0 Å². The van der Waals surface area contributed by atoms with Crippen LogP contribution in [0.4, 0.5) is 10.8 Å². The molecule has 0 fully saturated rings. The SMILES string of the molecule is Br.Cc1nc2ccc(Cl)cn2c1-c1csc(Nc2ccc(C(C)(C)C)cc2)n1. The molecule has 7 heteroatoms. The van der Waals surface area contributed by atoms with Gasteiger partial charge in [0, 0.05) is 17.3 Å². The van der Waals surface area contributed by atoms with Crippen LogP contribution in [-0.2, 0) is 5.41 Å². The Bertz CT molecular complexity index is 1110. The molecule has 1 aromatic carbocycles. The maximum Gasteiger partial charge on any atom is 0.187 e. The van der Waals surface area contributed by atoms with Crippen LogP contribution in [0.25, 0.3) is 17.0 Å². The highest BCUT2D eigenvalue weighted by Gasteiger charge is 2.15. The average Bonchev–Trinajstić information content (AvgIpc) is 3.17. The molecule has 3 heterocycles. The Kier molecular flexibility index (Phi) is 5.84. The number of aromatic nitrogens is 3. The summed E-state index contributed by atoms with van der Waals surface area (Å²) in [7, 11) is 0. The third-order valence-corrected chi connectivity index (χ3v) is 5.49. The molecule has 146 valence electrons. The van der Waals surface area contributed by atoms with Gasteiger partial charge in [-0.1, -0.05) is 44.5 Å². The second kappa shape index (κ2) is 7.85. The van der Waals surface area contributed by atoms with E-state index in [9.17, 15) is 0 Å². The van der Waals surface area contributed by atoms with Gasteiger partial charge in [0.05, 0.1) is 16.4 Å². The Hall–Kier alpha value is -1.89. The molecule has 4 aromatic rings. The molecule has 0 unspecified atom stereocenters. The molecule has 3 aromatic heterocycles. The highest BCUT2D eigenvalue weighted by Crippen LogP contribution is 2.31. The van der Waals surface area contributed by atoms with Crippen molar-refractivity contribution in [1.29, 1.82) is 0 Å². The molecule has 0 aliphatic rings. The molecule has 0 spiro atoms. The van der Waals surface area contributed by atoms with Gasteiger partial charge >= 0.3 is 0 Å². The van der Waals surface area contributed by atoms with E-state index in [4.69, 9.17) is 16.6 Å². The summed E-state index contributed by atoms with van der Waals surface area (Å²) in [5.74, 6) is 0. The molecule has 0 aliphatic heterocycles. The first-order valence-electron chi connectivity index (χ1n) is 8.79. The van der Waals surface area contributed by atoms with Crippen LogP contribution in [0, 0.1) is 6.92 Å². The number of thiazole rings is 1. The average molecular weight is 478 g/mol. The summed E-state index contributed by atoms with van der Waals surface area (Å²) in [6, 6.07) is 12.3. The molecular formula is C21H22BrClN4S. The molecule has 4 nitrogen and oxygen atoms in total. The number of rotatable bonds is 3. The summed E-state index contributed by atoms with van der Waals surface area (Å²) in [6.07, 6.45) is 1.88. The molecular weight excluding hydrogens is 456 g/mol. The normalized spacial score (nSPS) is 11.5. The largest absolute Gasteiger partial charge is 0.332 e. The molecule has 28 heavy (non-hydrogen) atoms. The van der Waals surface area contributed by atoms with Gasteiger partial charge in [0.25, 0.3) is 0 Å². The molecule has 0 amide bonds. The predicted octanol–water partition coefficient (Wildman–Crippen LogP) is 7.04. The monoisotopic (exact) mass is 476 g/mol. The Morgan fingerprint density at radius 1 is 1.04 bits per heavy atom. The first kappa shape index (κ1) is 20.8. The van der Waals surface area contributed by atoms with Gasteiger partial charge in [0.2, 0.25) is 0 Å². The summed E-state index contributed by atoms with van der Waals surface area (Å²) in [5, 5.41) is 6.97. The van der Waals surface area contributed by atoms with Crippen molar-refractivity contribution in [2.75, 3.05) is 5.32 Å². The molecule has 0 saturated carbocycles. The van der Waals surface area contributed by atoms with Crippen LogP contribution in [0.2, 0.25) is 5.02 Å². The Morgan fingerprint density at radius 2 is 1.75 bits per heavy atom. The van der Waals surface area contributed by atoms with E-state index in [0.29, 0.717) is 5.02 Å².